The first kappa shape index (κ1) is 15.8. The van der Waals surface area contributed by atoms with Crippen LogP contribution in [0, 0.1) is 11.3 Å². The summed E-state index contributed by atoms with van der Waals surface area (Å²) in [5, 5.41) is 27.2. The number of amides is 1. The van der Waals surface area contributed by atoms with E-state index in [9.17, 15) is 22.8 Å². The van der Waals surface area contributed by atoms with Crippen LogP contribution < -0.4 is 0 Å². The highest BCUT2D eigenvalue weighted by Gasteiger charge is 2.44. The van der Waals surface area contributed by atoms with Gasteiger partial charge in [0.05, 0.1) is 18.2 Å². The molecule has 1 aromatic rings. The number of nitrogens with zero attached hydrogens (tertiary/aromatic N) is 2. The molecule has 0 saturated heterocycles. The Hall–Kier alpha value is -2.60. The number of aliphatic hydroxyl groups is 1. The van der Waals surface area contributed by atoms with Gasteiger partial charge in [0.15, 0.2) is 6.04 Å². The molecule has 1 amide bonds. The molecular weight excluding hydrogens is 305 g/mol. The zero-order valence-electron chi connectivity index (χ0n) is 10.8. The van der Waals surface area contributed by atoms with E-state index in [1.807, 2.05) is 0 Å². The predicted molar refractivity (Wildman–Crippen MR) is 64.5 cm³/mol. The number of aliphatic carboxylic acids is 1. The van der Waals surface area contributed by atoms with Crippen molar-refractivity contribution in [2.75, 3.05) is 6.61 Å². The fourth-order valence-electron chi connectivity index (χ4n) is 2.30. The normalized spacial score (nSPS) is 18.8. The Labute approximate surface area is 122 Å². The molecule has 2 atom stereocenters. The van der Waals surface area contributed by atoms with Crippen LogP contribution in [0.4, 0.5) is 13.2 Å². The number of alkyl halides is 3. The molecule has 2 rings (SSSR count). The number of carboxylic acid groups (broad SMARTS) is 1. The van der Waals surface area contributed by atoms with Crippen LogP contribution in [0.1, 0.15) is 27.5 Å². The zero-order valence-corrected chi connectivity index (χ0v) is 10.8. The van der Waals surface area contributed by atoms with Gasteiger partial charge in [0.1, 0.15) is 6.04 Å². The van der Waals surface area contributed by atoms with E-state index in [1.165, 1.54) is 0 Å². The monoisotopic (exact) mass is 314 g/mol. The molecule has 1 aromatic carbocycles. The van der Waals surface area contributed by atoms with Gasteiger partial charge in [-0.3, -0.25) is 4.79 Å². The van der Waals surface area contributed by atoms with Crippen molar-refractivity contribution in [2.24, 2.45) is 0 Å². The summed E-state index contributed by atoms with van der Waals surface area (Å²) in [6.45, 7) is -0.959. The van der Waals surface area contributed by atoms with Crippen molar-refractivity contribution < 1.29 is 33.0 Å². The van der Waals surface area contributed by atoms with Crippen molar-refractivity contribution >= 4 is 11.9 Å². The second kappa shape index (κ2) is 5.31. The predicted octanol–water partition coefficient (Wildman–Crippen LogP) is 1.17. The number of fused-ring (bicyclic) bond motifs is 1. The number of aliphatic hydroxyl groups excluding tert-OH is 1. The minimum absolute atomic E-state index is 0.181. The van der Waals surface area contributed by atoms with Gasteiger partial charge in [-0.2, -0.15) is 18.4 Å². The van der Waals surface area contributed by atoms with E-state index in [4.69, 9.17) is 15.5 Å². The first-order chi connectivity index (χ1) is 10.2. The number of nitriles is 1. The first-order valence-electron chi connectivity index (χ1n) is 5.99. The third kappa shape index (κ3) is 2.37. The average molecular weight is 314 g/mol. The van der Waals surface area contributed by atoms with Crippen molar-refractivity contribution in [3.05, 3.63) is 34.9 Å². The van der Waals surface area contributed by atoms with Gasteiger partial charge < -0.3 is 15.1 Å². The van der Waals surface area contributed by atoms with E-state index in [1.54, 1.807) is 6.07 Å². The minimum atomic E-state index is -4.66. The summed E-state index contributed by atoms with van der Waals surface area (Å²) in [4.78, 5) is 23.8. The standard InChI is InChI=1S/C13H9F3N2O4/c14-13(15,16)6-1-2-7-8(3-6)9(4-17)18(11(7)20)10(5-19)12(21)22/h1-3,9-10,19H,5H2,(H,21,22). The van der Waals surface area contributed by atoms with Crippen LogP contribution in [0.5, 0.6) is 0 Å². The van der Waals surface area contributed by atoms with E-state index in [0.717, 1.165) is 6.07 Å². The van der Waals surface area contributed by atoms with Gasteiger partial charge in [0.2, 0.25) is 0 Å². The summed E-state index contributed by atoms with van der Waals surface area (Å²) >= 11 is 0. The van der Waals surface area contributed by atoms with Gasteiger partial charge in [-0.25, -0.2) is 4.79 Å². The van der Waals surface area contributed by atoms with E-state index in [0.29, 0.717) is 17.0 Å². The van der Waals surface area contributed by atoms with E-state index >= 15 is 0 Å². The number of hydrogen-bond donors (Lipinski definition) is 2. The quantitative estimate of drug-likeness (QED) is 0.872. The molecule has 0 aliphatic carbocycles. The van der Waals surface area contributed by atoms with Crippen LogP contribution >= 0.6 is 0 Å². The maximum Gasteiger partial charge on any atom is 0.416 e. The summed E-state index contributed by atoms with van der Waals surface area (Å²) in [5.41, 5.74) is -1.45. The van der Waals surface area contributed by atoms with Gasteiger partial charge >= 0.3 is 12.1 Å². The lowest BCUT2D eigenvalue weighted by Crippen LogP contribution is -2.45. The molecule has 1 aliphatic rings. The molecule has 1 aliphatic heterocycles. The summed E-state index contributed by atoms with van der Waals surface area (Å²) in [7, 11) is 0. The first-order valence-corrected chi connectivity index (χ1v) is 5.99. The smallest absolute Gasteiger partial charge is 0.416 e. The lowest BCUT2D eigenvalue weighted by atomic mass is 10.0. The Morgan fingerprint density at radius 1 is 1.45 bits per heavy atom. The molecule has 0 aromatic heterocycles. The van der Waals surface area contributed by atoms with E-state index < -0.39 is 42.3 Å². The number of benzene rings is 1. The third-order valence-electron chi connectivity index (χ3n) is 3.33. The fourth-order valence-corrected chi connectivity index (χ4v) is 2.30. The maximum atomic E-state index is 12.7. The van der Waals surface area contributed by atoms with Crippen LogP contribution in [-0.2, 0) is 11.0 Å². The van der Waals surface area contributed by atoms with Crippen LogP contribution in [0.2, 0.25) is 0 Å². The molecule has 0 saturated carbocycles. The largest absolute Gasteiger partial charge is 0.480 e. The molecule has 9 heteroatoms. The molecule has 0 radical (unpaired) electrons. The van der Waals surface area contributed by atoms with Crippen LogP contribution in [0.25, 0.3) is 0 Å². The summed E-state index contributed by atoms with van der Waals surface area (Å²) in [5.74, 6) is -2.46. The highest BCUT2D eigenvalue weighted by atomic mass is 19.4. The Bertz CT molecular complexity index is 681. The highest BCUT2D eigenvalue weighted by Crippen LogP contribution is 2.39. The molecule has 0 spiro atoms. The molecular formula is C13H9F3N2O4. The minimum Gasteiger partial charge on any atom is -0.480 e. The summed E-state index contributed by atoms with van der Waals surface area (Å²) < 4.78 is 38.2. The number of rotatable bonds is 3. The second-order valence-electron chi connectivity index (χ2n) is 4.58. The van der Waals surface area contributed by atoms with Gasteiger partial charge in [-0.1, -0.05) is 0 Å². The van der Waals surface area contributed by atoms with Gasteiger partial charge in [-0.05, 0) is 18.2 Å². The Kier molecular flexibility index (Phi) is 3.81. The highest BCUT2D eigenvalue weighted by molar-refractivity contribution is 6.01. The van der Waals surface area contributed by atoms with Crippen molar-refractivity contribution in [2.45, 2.75) is 18.3 Å². The second-order valence-corrected chi connectivity index (χ2v) is 4.58. The fraction of sp³-hybridized carbons (Fsp3) is 0.308. The van der Waals surface area contributed by atoms with Gasteiger partial charge in [0, 0.05) is 11.1 Å². The lowest BCUT2D eigenvalue weighted by Gasteiger charge is -2.25. The SMILES string of the molecule is N#CC1c2cc(C(F)(F)F)ccc2C(=O)N1C(CO)C(=O)O. The van der Waals surface area contributed by atoms with Crippen LogP contribution in [0.3, 0.4) is 0 Å². The van der Waals surface area contributed by atoms with E-state index in [-0.39, 0.29) is 11.1 Å². The molecule has 6 nitrogen and oxygen atoms in total. The summed E-state index contributed by atoms with van der Waals surface area (Å²) in [6.07, 6.45) is -4.66. The molecule has 116 valence electrons. The molecule has 1 heterocycles. The third-order valence-corrected chi connectivity index (χ3v) is 3.33. The van der Waals surface area contributed by atoms with Gasteiger partial charge in [0.25, 0.3) is 5.91 Å². The topological polar surface area (TPSA) is 102 Å². The summed E-state index contributed by atoms with van der Waals surface area (Å²) in [6, 6.07) is 0.639. The van der Waals surface area contributed by atoms with E-state index in [2.05, 4.69) is 0 Å². The van der Waals surface area contributed by atoms with Crippen molar-refractivity contribution in [3.8, 4) is 6.07 Å². The van der Waals surface area contributed by atoms with Gasteiger partial charge in [-0.15, -0.1) is 0 Å². The molecule has 22 heavy (non-hydrogen) atoms. The number of hydrogen-bond acceptors (Lipinski definition) is 4. The Balaban J connectivity index is 2.55. The van der Waals surface area contributed by atoms with Crippen LogP contribution in [0.15, 0.2) is 18.2 Å². The van der Waals surface area contributed by atoms with Crippen LogP contribution in [-0.4, -0.2) is 39.6 Å². The van der Waals surface area contributed by atoms with Crippen molar-refractivity contribution in [3.63, 3.8) is 0 Å². The number of carbonyl (C=O) groups excluding carboxylic acids is 1. The zero-order chi connectivity index (χ0) is 16.7. The number of halogens is 3. The van der Waals surface area contributed by atoms with Crippen molar-refractivity contribution in [1.29, 1.82) is 5.26 Å². The Morgan fingerprint density at radius 2 is 2.09 bits per heavy atom. The molecule has 2 N–H and O–H groups in total. The Morgan fingerprint density at radius 3 is 2.55 bits per heavy atom. The van der Waals surface area contributed by atoms with Crippen molar-refractivity contribution in [1.82, 2.24) is 4.90 Å². The molecule has 2 unspecified atom stereocenters. The average Bonchev–Trinajstić information content (AvgIpc) is 2.71. The molecule has 0 fully saturated rings. The molecule has 0 bridgehead atoms. The number of carbonyl (C=O) groups is 2. The maximum absolute atomic E-state index is 12.7. The number of carboxylic acids is 1. The lowest BCUT2D eigenvalue weighted by molar-refractivity contribution is -0.144.